The Balaban J connectivity index is 1.50. The van der Waals surface area contributed by atoms with Crippen molar-refractivity contribution in [1.29, 1.82) is 0 Å². The summed E-state index contributed by atoms with van der Waals surface area (Å²) in [4.78, 5) is 18.8. The molecule has 1 N–H and O–H groups in total. The minimum Gasteiger partial charge on any atom is -0.497 e. The Morgan fingerprint density at radius 1 is 1.24 bits per heavy atom. The summed E-state index contributed by atoms with van der Waals surface area (Å²) in [5.41, 5.74) is 3.54. The van der Waals surface area contributed by atoms with Gasteiger partial charge >= 0.3 is 0 Å². The summed E-state index contributed by atoms with van der Waals surface area (Å²) in [7, 11) is 1.61. The third-order valence-corrected chi connectivity index (χ3v) is 6.82. The molecule has 2 aliphatic rings. The number of nitrogens with zero attached hydrogens (tertiary/aromatic N) is 5. The van der Waals surface area contributed by atoms with E-state index in [4.69, 9.17) is 9.47 Å². The zero-order chi connectivity index (χ0) is 23.1. The van der Waals surface area contributed by atoms with Crippen LogP contribution in [0, 0.1) is 0 Å². The number of fused-ring (bicyclic) bond motifs is 2. The predicted octanol–water partition coefficient (Wildman–Crippen LogP) is 2.85. The van der Waals surface area contributed by atoms with Crippen molar-refractivity contribution in [3.8, 4) is 5.75 Å². The zero-order valence-corrected chi connectivity index (χ0v) is 19.0. The van der Waals surface area contributed by atoms with Crippen molar-refractivity contribution < 1.29 is 9.47 Å². The smallest absolute Gasteiger partial charge is 0.254 e. The number of hydrogen-bond donors (Lipinski definition) is 1. The normalized spacial score (nSPS) is 18.4. The van der Waals surface area contributed by atoms with Crippen LogP contribution < -0.4 is 15.2 Å². The molecule has 4 aromatic rings. The number of para-hydroxylation sites is 1. The molecule has 6 rings (SSSR count). The number of ether oxygens (including phenoxy) is 2. The summed E-state index contributed by atoms with van der Waals surface area (Å²) in [6.07, 6.45) is 3.01. The van der Waals surface area contributed by atoms with Gasteiger partial charge in [-0.15, -0.1) is 5.10 Å². The van der Waals surface area contributed by atoms with Crippen LogP contribution in [0.3, 0.4) is 0 Å². The zero-order valence-electron chi connectivity index (χ0n) is 19.0. The number of anilines is 1. The fourth-order valence-electron chi connectivity index (χ4n) is 5.12. The number of benzene rings is 2. The molecule has 0 radical (unpaired) electrons. The molecule has 9 nitrogen and oxygen atoms in total. The van der Waals surface area contributed by atoms with Crippen LogP contribution >= 0.6 is 0 Å². The van der Waals surface area contributed by atoms with Crippen molar-refractivity contribution >= 4 is 16.6 Å². The molecule has 2 aromatic heterocycles. The molecule has 2 aliphatic heterocycles. The highest BCUT2D eigenvalue weighted by Crippen LogP contribution is 2.37. The van der Waals surface area contributed by atoms with Crippen LogP contribution in [-0.2, 0) is 17.7 Å². The first-order valence-electron chi connectivity index (χ1n) is 11.6. The van der Waals surface area contributed by atoms with E-state index in [1.165, 1.54) is 5.56 Å². The van der Waals surface area contributed by atoms with Gasteiger partial charge in [0.25, 0.3) is 5.56 Å². The highest BCUT2D eigenvalue weighted by atomic mass is 16.5. The minimum absolute atomic E-state index is 0.0797. The first kappa shape index (κ1) is 20.9. The van der Waals surface area contributed by atoms with E-state index < -0.39 is 6.04 Å². The summed E-state index contributed by atoms with van der Waals surface area (Å²) in [6, 6.07) is 15.5. The second-order valence-electron chi connectivity index (χ2n) is 8.84. The number of aromatic nitrogens is 5. The van der Waals surface area contributed by atoms with Crippen LogP contribution in [0.5, 0.6) is 5.75 Å². The second kappa shape index (κ2) is 8.57. The quantitative estimate of drug-likeness (QED) is 0.474. The average molecular weight is 459 g/mol. The average Bonchev–Trinajstić information content (AvgIpc) is 3.62. The van der Waals surface area contributed by atoms with Gasteiger partial charge in [0.1, 0.15) is 11.8 Å². The maximum atomic E-state index is 13.5. The van der Waals surface area contributed by atoms with E-state index in [0.717, 1.165) is 49.0 Å². The number of tetrazole rings is 1. The van der Waals surface area contributed by atoms with Crippen molar-refractivity contribution in [2.45, 2.75) is 38.0 Å². The maximum absolute atomic E-state index is 13.5. The summed E-state index contributed by atoms with van der Waals surface area (Å²) in [5, 5.41) is 13.6. The van der Waals surface area contributed by atoms with Crippen LogP contribution in [0.4, 0.5) is 5.69 Å². The third-order valence-electron chi connectivity index (χ3n) is 6.82. The first-order valence-corrected chi connectivity index (χ1v) is 11.6. The molecule has 174 valence electrons. The van der Waals surface area contributed by atoms with Gasteiger partial charge in [-0.2, -0.15) is 0 Å². The SMILES string of the molecule is COc1ccc2cc([C@@H](c3nnnn3C[C@H]3CCCO3)N3CCc4ccccc43)c(=O)[nH]c2c1. The molecular weight excluding hydrogens is 432 g/mol. The van der Waals surface area contributed by atoms with Crippen LogP contribution in [0.2, 0.25) is 0 Å². The molecule has 1 fully saturated rings. The Bertz CT molecular complexity index is 1390. The molecule has 0 spiro atoms. The van der Waals surface area contributed by atoms with Gasteiger partial charge < -0.3 is 19.4 Å². The van der Waals surface area contributed by atoms with Crippen molar-refractivity contribution in [3.63, 3.8) is 0 Å². The van der Waals surface area contributed by atoms with E-state index in [1.54, 1.807) is 11.8 Å². The molecule has 4 heterocycles. The Morgan fingerprint density at radius 3 is 3.00 bits per heavy atom. The molecule has 0 unspecified atom stereocenters. The van der Waals surface area contributed by atoms with Gasteiger partial charge in [-0.1, -0.05) is 18.2 Å². The number of methoxy groups -OCH3 is 1. The molecule has 0 saturated carbocycles. The maximum Gasteiger partial charge on any atom is 0.254 e. The van der Waals surface area contributed by atoms with E-state index in [-0.39, 0.29) is 11.7 Å². The monoisotopic (exact) mass is 458 g/mol. The van der Waals surface area contributed by atoms with Crippen LogP contribution in [0.15, 0.2) is 53.3 Å². The highest BCUT2D eigenvalue weighted by Gasteiger charge is 2.34. The lowest BCUT2D eigenvalue weighted by atomic mass is 10.0. The van der Waals surface area contributed by atoms with E-state index in [1.807, 2.05) is 30.3 Å². The fourth-order valence-corrected chi connectivity index (χ4v) is 5.12. The fraction of sp³-hybridized carbons (Fsp3) is 0.360. The van der Waals surface area contributed by atoms with E-state index in [0.29, 0.717) is 23.7 Å². The Kier molecular flexibility index (Phi) is 5.26. The van der Waals surface area contributed by atoms with Crippen molar-refractivity contribution in [1.82, 2.24) is 25.2 Å². The van der Waals surface area contributed by atoms with Crippen molar-refractivity contribution in [2.75, 3.05) is 25.2 Å². The van der Waals surface area contributed by atoms with E-state index >= 15 is 0 Å². The molecule has 0 aliphatic carbocycles. The van der Waals surface area contributed by atoms with Gasteiger partial charge in [-0.05, 0) is 64.9 Å². The highest BCUT2D eigenvalue weighted by molar-refractivity contribution is 5.81. The summed E-state index contributed by atoms with van der Waals surface area (Å²) in [6.45, 7) is 2.10. The molecule has 0 amide bonds. The molecule has 34 heavy (non-hydrogen) atoms. The number of hydrogen-bond acceptors (Lipinski definition) is 7. The molecule has 1 saturated heterocycles. The lowest BCUT2D eigenvalue weighted by Crippen LogP contribution is -2.35. The molecular formula is C25H26N6O3. The van der Waals surface area contributed by atoms with E-state index in [2.05, 4.69) is 43.6 Å². The predicted molar refractivity (Wildman–Crippen MR) is 127 cm³/mol. The topological polar surface area (TPSA) is 98.2 Å². The summed E-state index contributed by atoms with van der Waals surface area (Å²) < 4.78 is 13.0. The van der Waals surface area contributed by atoms with Gasteiger partial charge in [0, 0.05) is 30.5 Å². The summed E-state index contributed by atoms with van der Waals surface area (Å²) >= 11 is 0. The number of H-pyrrole nitrogens is 1. The minimum atomic E-state index is -0.435. The lowest BCUT2D eigenvalue weighted by molar-refractivity contribution is 0.0924. The standard InChI is InChI=1S/C25H26N6O3/c1-33-18-9-8-17-13-20(25(32)26-21(17)14-18)23(30-11-10-16-5-2-3-7-22(16)30)24-27-28-29-31(24)15-19-6-4-12-34-19/h2-3,5,7-9,13-14,19,23H,4,6,10-12,15H2,1H3,(H,26,32)/t19-,23+/m1/s1. The third kappa shape index (κ3) is 3.62. The molecule has 2 aromatic carbocycles. The van der Waals surface area contributed by atoms with Gasteiger partial charge in [-0.3, -0.25) is 4.79 Å². The molecule has 9 heteroatoms. The Morgan fingerprint density at radius 2 is 2.15 bits per heavy atom. The lowest BCUT2D eigenvalue weighted by Gasteiger charge is -2.29. The Labute approximate surface area is 196 Å². The Hall–Kier alpha value is -3.72. The number of rotatable bonds is 6. The number of aromatic amines is 1. The van der Waals surface area contributed by atoms with Crippen molar-refractivity contribution in [2.24, 2.45) is 0 Å². The van der Waals surface area contributed by atoms with Gasteiger partial charge in [-0.25, -0.2) is 4.68 Å². The second-order valence-corrected chi connectivity index (χ2v) is 8.84. The first-order chi connectivity index (χ1) is 16.7. The molecule has 2 atom stereocenters. The molecule has 0 bridgehead atoms. The van der Waals surface area contributed by atoms with Crippen LogP contribution in [-0.4, -0.2) is 51.6 Å². The largest absolute Gasteiger partial charge is 0.497 e. The summed E-state index contributed by atoms with van der Waals surface area (Å²) in [5.74, 6) is 1.34. The van der Waals surface area contributed by atoms with Gasteiger partial charge in [0.15, 0.2) is 5.82 Å². The van der Waals surface area contributed by atoms with Crippen LogP contribution in [0.25, 0.3) is 10.9 Å². The number of pyridine rings is 1. The van der Waals surface area contributed by atoms with Crippen molar-refractivity contribution in [3.05, 3.63) is 75.8 Å². The van der Waals surface area contributed by atoms with Crippen LogP contribution in [0.1, 0.15) is 35.8 Å². The number of nitrogens with one attached hydrogen (secondary N) is 1. The van der Waals surface area contributed by atoms with E-state index in [9.17, 15) is 4.79 Å². The van der Waals surface area contributed by atoms with Gasteiger partial charge in [0.05, 0.1) is 25.3 Å². The van der Waals surface area contributed by atoms with Gasteiger partial charge in [0.2, 0.25) is 0 Å².